The zero-order chi connectivity index (χ0) is 50.6. The molecule has 0 saturated carbocycles. The fourth-order valence-corrected chi connectivity index (χ4v) is 10.5. The third-order valence-corrected chi connectivity index (χ3v) is 14.3. The Morgan fingerprint density at radius 1 is 0.237 bits per heavy atom. The van der Waals surface area contributed by atoms with Gasteiger partial charge in [0.15, 0.2) is 0 Å². The summed E-state index contributed by atoms with van der Waals surface area (Å²) < 4.78 is 4.03. The molecule has 0 aliphatic heterocycles. The van der Waals surface area contributed by atoms with E-state index in [4.69, 9.17) is 9.97 Å². The number of rotatable bonds is 12. The van der Waals surface area contributed by atoms with E-state index in [0.717, 1.165) is 112 Å². The summed E-state index contributed by atoms with van der Waals surface area (Å²) in [6.45, 7) is 0. The van der Waals surface area contributed by atoms with E-state index in [1.807, 2.05) is 53.9 Å². The summed E-state index contributed by atoms with van der Waals surface area (Å²) in [5.74, 6) is 0.899. The average Bonchev–Trinajstić information content (AvgIpc) is 4.27. The summed E-state index contributed by atoms with van der Waals surface area (Å²) in [4.78, 5) is 9.57. The number of pyridine rings is 1. The molecule has 10 aromatic carbocycles. The van der Waals surface area contributed by atoms with Crippen LogP contribution in [-0.4, -0.2) is 24.3 Å². The van der Waals surface area contributed by atoms with Gasteiger partial charge in [-0.25, -0.2) is 9.67 Å². The van der Waals surface area contributed by atoms with Crippen LogP contribution in [0.5, 0.6) is 0 Å². The van der Waals surface area contributed by atoms with Gasteiger partial charge in [0.05, 0.1) is 11.4 Å². The van der Waals surface area contributed by atoms with E-state index in [1.54, 1.807) is 0 Å². The van der Waals surface area contributed by atoms with Crippen LogP contribution in [0.3, 0.4) is 0 Å². The molecule has 0 saturated heterocycles. The Morgan fingerprint density at radius 2 is 0.697 bits per heavy atom. The van der Waals surface area contributed by atoms with Gasteiger partial charge >= 0.3 is 0 Å². The van der Waals surface area contributed by atoms with E-state index < -0.39 is 0 Å². The number of hydrogen-bond acceptors (Lipinski definition) is 3. The minimum Gasteiger partial charge on any atom is -0.300 e. The van der Waals surface area contributed by atoms with Gasteiger partial charge in [-0.15, -0.1) is 0 Å². The van der Waals surface area contributed by atoms with Crippen LogP contribution in [0.4, 0.5) is 0 Å². The molecule has 0 spiro atoms. The van der Waals surface area contributed by atoms with Crippen LogP contribution in [0.2, 0.25) is 0 Å². The molecule has 0 bridgehead atoms. The first-order chi connectivity index (χ1) is 37.7. The fourth-order valence-electron chi connectivity index (χ4n) is 10.5. The molecule has 0 amide bonds. The van der Waals surface area contributed by atoms with Crippen molar-refractivity contribution in [3.05, 3.63) is 298 Å². The molecular weight excluding hydrogens is 923 g/mol. The van der Waals surface area contributed by atoms with E-state index in [1.165, 1.54) is 11.1 Å². The van der Waals surface area contributed by atoms with E-state index in [2.05, 4.69) is 258 Å². The minimum atomic E-state index is 0.899. The van der Waals surface area contributed by atoms with Crippen LogP contribution < -0.4 is 0 Å². The minimum absolute atomic E-state index is 0.899. The van der Waals surface area contributed by atoms with Crippen LogP contribution >= 0.6 is 0 Å². The van der Waals surface area contributed by atoms with Crippen LogP contribution in [0.15, 0.2) is 298 Å². The van der Waals surface area contributed by atoms with E-state index in [9.17, 15) is 0 Å². The topological polar surface area (TPSA) is 48.5 Å². The van der Waals surface area contributed by atoms with Gasteiger partial charge < -0.3 is 0 Å². The van der Waals surface area contributed by atoms with Gasteiger partial charge in [-0.3, -0.25) is 9.55 Å². The first kappa shape index (κ1) is 45.6. The van der Waals surface area contributed by atoms with E-state index in [-0.39, 0.29) is 0 Å². The van der Waals surface area contributed by atoms with Gasteiger partial charge in [-0.1, -0.05) is 200 Å². The average molecular weight is 972 g/mol. The predicted octanol–water partition coefficient (Wildman–Crippen LogP) is 18.1. The molecule has 76 heavy (non-hydrogen) atoms. The molecule has 0 radical (unpaired) electrons. The highest BCUT2D eigenvalue weighted by Gasteiger charge is 2.19. The van der Waals surface area contributed by atoms with Gasteiger partial charge in [-0.05, 0) is 156 Å². The Balaban J connectivity index is 0.970. The molecular formula is C71H49N5. The van der Waals surface area contributed by atoms with Crippen molar-refractivity contribution in [3.63, 3.8) is 0 Å². The second-order valence-electron chi connectivity index (χ2n) is 18.9. The van der Waals surface area contributed by atoms with Crippen molar-refractivity contribution in [2.75, 3.05) is 0 Å². The predicted molar refractivity (Wildman–Crippen MR) is 313 cm³/mol. The molecule has 0 N–H and O–H groups in total. The zero-order valence-corrected chi connectivity index (χ0v) is 41.5. The highest BCUT2D eigenvalue weighted by Crippen LogP contribution is 2.45. The first-order valence-electron chi connectivity index (χ1n) is 25.6. The standard InChI is InChI=1S/C71H49N5/c1-3-16-50(17-4-1)51-27-29-54(30-28-51)69-49-56(70-26-13-14-41-72-70)37-40-68(69)67-25-12-11-24-66(67)59-47-57(46-58(48-59)65-23-10-8-21-63(65)53-35-38-61(39-36-53)76-44-15-42-74-76)64-22-9-7-20-62(64)52-31-33-55(34-32-52)71-73-43-45-75(71)60-18-5-2-6-19-60/h1-49H. The third-order valence-electron chi connectivity index (χ3n) is 14.3. The smallest absolute Gasteiger partial charge is 0.144 e. The van der Waals surface area contributed by atoms with E-state index in [0.29, 0.717) is 0 Å². The Bertz CT molecular complexity index is 4110. The molecule has 0 unspecified atom stereocenters. The van der Waals surface area contributed by atoms with E-state index >= 15 is 0 Å². The number of benzene rings is 10. The van der Waals surface area contributed by atoms with Crippen molar-refractivity contribution in [1.29, 1.82) is 0 Å². The molecule has 3 aromatic heterocycles. The molecule has 13 rings (SSSR count). The monoisotopic (exact) mass is 971 g/mol. The summed E-state index contributed by atoms with van der Waals surface area (Å²) in [6, 6.07) is 95.8. The third kappa shape index (κ3) is 9.03. The molecule has 3 heterocycles. The van der Waals surface area contributed by atoms with Gasteiger partial charge in [0.25, 0.3) is 0 Å². The second kappa shape index (κ2) is 20.3. The van der Waals surface area contributed by atoms with Crippen molar-refractivity contribution in [3.8, 4) is 123 Å². The lowest BCUT2D eigenvalue weighted by Gasteiger charge is -2.19. The number of para-hydroxylation sites is 1. The van der Waals surface area contributed by atoms with Gasteiger partial charge in [0.2, 0.25) is 0 Å². The fraction of sp³-hybridized carbons (Fsp3) is 0. The van der Waals surface area contributed by atoms with Crippen molar-refractivity contribution in [1.82, 2.24) is 24.3 Å². The van der Waals surface area contributed by atoms with Gasteiger partial charge in [0.1, 0.15) is 5.82 Å². The number of nitrogens with zero attached hydrogens (tertiary/aromatic N) is 5. The molecule has 5 nitrogen and oxygen atoms in total. The quantitative estimate of drug-likeness (QED) is 0.123. The number of aromatic nitrogens is 5. The maximum atomic E-state index is 4.79. The zero-order valence-electron chi connectivity index (χ0n) is 41.5. The lowest BCUT2D eigenvalue weighted by Crippen LogP contribution is -1.96. The van der Waals surface area contributed by atoms with Crippen molar-refractivity contribution in [2.24, 2.45) is 0 Å². The molecule has 0 atom stereocenters. The van der Waals surface area contributed by atoms with Crippen LogP contribution in [-0.2, 0) is 0 Å². The Hall–Kier alpha value is -10.2. The lowest BCUT2D eigenvalue weighted by molar-refractivity contribution is 0.881. The number of hydrogen-bond donors (Lipinski definition) is 0. The van der Waals surface area contributed by atoms with Crippen LogP contribution in [0.25, 0.3) is 123 Å². The Kier molecular flexibility index (Phi) is 12.2. The summed E-state index contributed by atoms with van der Waals surface area (Å²) in [5, 5.41) is 4.49. The van der Waals surface area contributed by atoms with Crippen molar-refractivity contribution >= 4 is 0 Å². The summed E-state index contributed by atoms with van der Waals surface area (Å²) in [7, 11) is 0. The van der Waals surface area contributed by atoms with Gasteiger partial charge in [0, 0.05) is 47.8 Å². The van der Waals surface area contributed by atoms with Crippen molar-refractivity contribution < 1.29 is 0 Å². The highest BCUT2D eigenvalue weighted by atomic mass is 15.3. The SMILES string of the molecule is c1ccc(-c2ccc(-c3cc(-c4ccccn4)ccc3-c3ccccc3-c3cc(-c4ccccc4-c4ccc(-c5nccn5-c5ccccc5)cc4)cc(-c4ccccc4-c4ccc(-n5cccn5)cc4)c3)cc2)cc1. The maximum Gasteiger partial charge on any atom is 0.144 e. The Morgan fingerprint density at radius 3 is 1.28 bits per heavy atom. The first-order valence-corrected chi connectivity index (χ1v) is 25.6. The molecule has 0 aliphatic rings. The second-order valence-corrected chi connectivity index (χ2v) is 18.9. The molecule has 358 valence electrons. The molecule has 13 aromatic rings. The normalized spacial score (nSPS) is 11.2. The molecule has 0 aliphatic carbocycles. The van der Waals surface area contributed by atoms with Gasteiger partial charge in [-0.2, -0.15) is 5.10 Å². The van der Waals surface area contributed by atoms with Crippen molar-refractivity contribution in [2.45, 2.75) is 0 Å². The summed E-state index contributed by atoms with van der Waals surface area (Å²) in [6.07, 6.45) is 9.53. The van der Waals surface area contributed by atoms with Crippen LogP contribution in [0, 0.1) is 0 Å². The lowest BCUT2D eigenvalue weighted by atomic mass is 9.84. The summed E-state index contributed by atoms with van der Waals surface area (Å²) >= 11 is 0. The largest absolute Gasteiger partial charge is 0.300 e. The highest BCUT2D eigenvalue weighted by molar-refractivity contribution is 5.97. The Labute approximate surface area is 443 Å². The van der Waals surface area contributed by atoms with Crippen LogP contribution in [0.1, 0.15) is 0 Å². The summed E-state index contributed by atoms with van der Waals surface area (Å²) in [5.41, 5.74) is 23.4. The molecule has 0 fully saturated rings. The number of imidazole rings is 1. The molecule has 5 heteroatoms. The maximum absolute atomic E-state index is 4.79.